The second-order valence-corrected chi connectivity index (χ2v) is 21.7. The third-order valence-corrected chi connectivity index (χ3v) is 10.5. The van der Waals surface area contributed by atoms with Crippen LogP contribution in [0, 0.1) is 27.1 Å². The Morgan fingerprint density at radius 1 is 0.310 bits per heavy atom. The highest BCUT2D eigenvalue weighted by Crippen LogP contribution is 2.23. The molecule has 0 radical (unpaired) electrons. The maximum absolute atomic E-state index is 11.8. The summed E-state index contributed by atoms with van der Waals surface area (Å²) in [6.45, 7) is 42.0. The van der Waals surface area contributed by atoms with Crippen molar-refractivity contribution in [2.24, 2.45) is 27.1 Å². The first-order valence-corrected chi connectivity index (χ1v) is 22.2. The summed E-state index contributed by atoms with van der Waals surface area (Å²) in [6.07, 6.45) is 7.20. The summed E-state index contributed by atoms with van der Waals surface area (Å²) in [5.41, 5.74) is -1.05. The van der Waals surface area contributed by atoms with Crippen LogP contribution in [0.25, 0.3) is 0 Å². The molecule has 5 aliphatic rings. The fourth-order valence-corrected chi connectivity index (χ4v) is 6.68. The van der Waals surface area contributed by atoms with E-state index in [1.54, 1.807) is 0 Å². The zero-order valence-electron chi connectivity index (χ0n) is 40.3. The van der Waals surface area contributed by atoms with E-state index in [1.807, 2.05) is 128 Å². The van der Waals surface area contributed by atoms with Crippen LogP contribution in [0.3, 0.4) is 0 Å². The topological polar surface area (TPSA) is 114 Å². The van der Waals surface area contributed by atoms with Crippen molar-refractivity contribution in [3.8, 4) is 0 Å². The average molecular weight is 821 g/mol. The minimum Gasteiger partial charge on any atom is -0.378 e. The standard InChI is InChI=1S/C10H20N2O.C10H19NO.C9H17NO2.C9H17NO.C8H15NO/c1-10(2,3)9(13)12-7-5-11(4)6-8-12;1-10(2,3)9(12)11-7-5-4-6-8-11;1-9(2,3)8(11)10-4-6-12-7-5-10;1-9(2,3)8(11)10-6-4-5-7-10;1-8(2,3)7(10)9-5-4-6-9/h5-8H2,1-4H3;4-8H2,1-3H3;4-7H2,1-3H3;4-7H2,1-3H3;4-6H2,1-3H3. The Morgan fingerprint density at radius 2 is 0.534 bits per heavy atom. The van der Waals surface area contributed by atoms with Crippen molar-refractivity contribution in [3.63, 3.8) is 0 Å². The highest BCUT2D eigenvalue weighted by molar-refractivity contribution is 5.83. The average Bonchev–Trinajstić information content (AvgIpc) is 3.65. The second kappa shape index (κ2) is 23.3. The lowest BCUT2D eigenvalue weighted by atomic mass is 9.93. The van der Waals surface area contributed by atoms with Gasteiger partial charge in [0.1, 0.15) is 0 Å². The van der Waals surface area contributed by atoms with Gasteiger partial charge in [0.05, 0.1) is 13.2 Å². The molecule has 338 valence electrons. The molecule has 0 spiro atoms. The number of piperazine rings is 1. The normalized spacial score (nSPS) is 19.4. The molecule has 0 aliphatic carbocycles. The number of morpholine rings is 1. The van der Waals surface area contributed by atoms with Gasteiger partial charge < -0.3 is 34.1 Å². The molecule has 5 fully saturated rings. The van der Waals surface area contributed by atoms with E-state index in [4.69, 9.17) is 4.74 Å². The molecule has 58 heavy (non-hydrogen) atoms. The van der Waals surface area contributed by atoms with E-state index in [0.29, 0.717) is 30.9 Å². The van der Waals surface area contributed by atoms with E-state index in [9.17, 15) is 24.0 Å². The number of carbonyl (C=O) groups excluding carboxylic acids is 5. The quantitative estimate of drug-likeness (QED) is 0.269. The number of likely N-dealkylation sites (N-methyl/N-ethyl adjacent to an activating group) is 1. The van der Waals surface area contributed by atoms with Crippen LogP contribution in [-0.2, 0) is 28.7 Å². The first-order valence-electron chi connectivity index (χ1n) is 22.2. The fraction of sp³-hybridized carbons (Fsp3) is 0.891. The Kier molecular flexibility index (Phi) is 21.4. The van der Waals surface area contributed by atoms with Crippen LogP contribution in [0.4, 0.5) is 0 Å². The lowest BCUT2D eigenvalue weighted by Crippen LogP contribution is -2.50. The van der Waals surface area contributed by atoms with Gasteiger partial charge >= 0.3 is 0 Å². The summed E-state index contributed by atoms with van der Waals surface area (Å²) < 4.78 is 5.17. The molecule has 0 atom stereocenters. The predicted molar refractivity (Wildman–Crippen MR) is 236 cm³/mol. The van der Waals surface area contributed by atoms with Gasteiger partial charge in [0.2, 0.25) is 29.5 Å². The van der Waals surface area contributed by atoms with Crippen molar-refractivity contribution in [1.29, 1.82) is 0 Å². The lowest BCUT2D eigenvalue weighted by molar-refractivity contribution is -0.144. The number of hydrogen-bond donors (Lipinski definition) is 0. The van der Waals surface area contributed by atoms with Gasteiger partial charge in [-0.1, -0.05) is 104 Å². The molecule has 0 aromatic rings. The van der Waals surface area contributed by atoms with Crippen molar-refractivity contribution in [2.75, 3.05) is 98.8 Å². The summed E-state index contributed by atoms with van der Waals surface area (Å²) in [5, 5.41) is 0. The van der Waals surface area contributed by atoms with E-state index in [2.05, 4.69) is 11.9 Å². The van der Waals surface area contributed by atoms with Gasteiger partial charge in [0.25, 0.3) is 0 Å². The highest BCUT2D eigenvalue weighted by Gasteiger charge is 2.32. The second-order valence-electron chi connectivity index (χ2n) is 21.7. The Morgan fingerprint density at radius 3 is 0.776 bits per heavy atom. The Bertz CT molecular complexity index is 1230. The van der Waals surface area contributed by atoms with Crippen LogP contribution >= 0.6 is 0 Å². The van der Waals surface area contributed by atoms with Crippen molar-refractivity contribution in [2.45, 2.75) is 142 Å². The number of nitrogens with zero attached hydrogens (tertiary/aromatic N) is 6. The Hall–Kier alpha value is -2.73. The van der Waals surface area contributed by atoms with Gasteiger partial charge in [-0.2, -0.15) is 0 Å². The Balaban J connectivity index is 0.000000363. The molecule has 0 bridgehead atoms. The molecule has 12 nitrogen and oxygen atoms in total. The molecular weight excluding hydrogens is 733 g/mol. The van der Waals surface area contributed by atoms with Gasteiger partial charge in [0.15, 0.2) is 0 Å². The van der Waals surface area contributed by atoms with Crippen molar-refractivity contribution in [1.82, 2.24) is 29.4 Å². The van der Waals surface area contributed by atoms with E-state index in [1.165, 1.54) is 38.5 Å². The van der Waals surface area contributed by atoms with Gasteiger partial charge in [-0.05, 0) is 45.6 Å². The number of piperidine rings is 1. The predicted octanol–water partition coefficient (Wildman–Crippen LogP) is 6.66. The summed E-state index contributed by atoms with van der Waals surface area (Å²) >= 11 is 0. The van der Waals surface area contributed by atoms with Crippen molar-refractivity contribution >= 4 is 29.5 Å². The minimum atomic E-state index is -0.253. The first-order chi connectivity index (χ1) is 26.5. The number of hydrogen-bond acceptors (Lipinski definition) is 7. The Labute approximate surface area is 355 Å². The molecule has 0 saturated carbocycles. The molecule has 5 aliphatic heterocycles. The van der Waals surface area contributed by atoms with Crippen LogP contribution < -0.4 is 0 Å². The third kappa shape index (κ3) is 19.6. The zero-order chi connectivity index (χ0) is 44.7. The summed E-state index contributed by atoms with van der Waals surface area (Å²) in [5.74, 6) is 1.40. The third-order valence-electron chi connectivity index (χ3n) is 10.5. The summed E-state index contributed by atoms with van der Waals surface area (Å²) in [6, 6.07) is 0. The molecule has 0 aromatic carbocycles. The number of rotatable bonds is 0. The van der Waals surface area contributed by atoms with Crippen LogP contribution in [0.1, 0.15) is 142 Å². The summed E-state index contributed by atoms with van der Waals surface area (Å²) in [4.78, 5) is 70.2. The molecule has 5 amide bonds. The molecule has 12 heteroatoms. The van der Waals surface area contributed by atoms with Crippen molar-refractivity contribution in [3.05, 3.63) is 0 Å². The zero-order valence-corrected chi connectivity index (χ0v) is 40.3. The largest absolute Gasteiger partial charge is 0.378 e. The highest BCUT2D eigenvalue weighted by atomic mass is 16.5. The smallest absolute Gasteiger partial charge is 0.228 e. The number of ether oxygens (including phenoxy) is 1. The van der Waals surface area contributed by atoms with Gasteiger partial charge in [-0.15, -0.1) is 0 Å². The maximum atomic E-state index is 11.8. The van der Waals surface area contributed by atoms with E-state index >= 15 is 0 Å². The molecule has 5 saturated heterocycles. The monoisotopic (exact) mass is 821 g/mol. The molecule has 0 unspecified atom stereocenters. The molecule has 5 rings (SSSR count). The first kappa shape index (κ1) is 53.3. The molecule has 5 heterocycles. The minimum absolute atomic E-state index is 0.180. The van der Waals surface area contributed by atoms with Gasteiger partial charge in [0, 0.05) is 106 Å². The molecular formula is C46H88N6O6. The summed E-state index contributed by atoms with van der Waals surface area (Å²) in [7, 11) is 2.10. The molecule has 0 N–H and O–H groups in total. The lowest BCUT2D eigenvalue weighted by Gasteiger charge is -2.36. The maximum Gasteiger partial charge on any atom is 0.228 e. The number of amides is 5. The fourth-order valence-electron chi connectivity index (χ4n) is 6.68. The van der Waals surface area contributed by atoms with E-state index in [0.717, 1.165) is 78.5 Å². The van der Waals surface area contributed by atoms with Crippen molar-refractivity contribution < 1.29 is 28.7 Å². The van der Waals surface area contributed by atoms with E-state index in [-0.39, 0.29) is 38.9 Å². The van der Waals surface area contributed by atoms with Gasteiger partial charge in [-0.3, -0.25) is 24.0 Å². The number of likely N-dealkylation sites (tertiary alicyclic amines) is 3. The van der Waals surface area contributed by atoms with Crippen LogP contribution in [-0.4, -0.2) is 158 Å². The van der Waals surface area contributed by atoms with E-state index < -0.39 is 0 Å². The van der Waals surface area contributed by atoms with Crippen LogP contribution in [0.15, 0.2) is 0 Å². The van der Waals surface area contributed by atoms with Crippen LogP contribution in [0.5, 0.6) is 0 Å². The number of carbonyl (C=O) groups is 5. The van der Waals surface area contributed by atoms with Crippen LogP contribution in [0.2, 0.25) is 0 Å². The van der Waals surface area contributed by atoms with Gasteiger partial charge in [-0.25, -0.2) is 0 Å². The molecule has 0 aromatic heterocycles. The SMILES string of the molecule is CC(C)(C)C(=O)N1CCC1.CC(C)(C)C(=O)N1CCCC1.CC(C)(C)C(=O)N1CCCCC1.CC(C)(C)C(=O)N1CCOCC1.CN1CCN(C(=O)C(C)(C)C)CC1.